The number of rotatable bonds is 3. The minimum absolute atomic E-state index is 0.0913. The largest absolute Gasteiger partial charge is 0.343 e. The van der Waals surface area contributed by atoms with E-state index in [2.05, 4.69) is 15.2 Å². The second-order valence-electron chi connectivity index (χ2n) is 6.13. The van der Waals surface area contributed by atoms with Gasteiger partial charge in [-0.1, -0.05) is 36.2 Å². The molecule has 1 aliphatic heterocycles. The van der Waals surface area contributed by atoms with Crippen LogP contribution in [0, 0.1) is 0 Å². The quantitative estimate of drug-likeness (QED) is 0.734. The van der Waals surface area contributed by atoms with Crippen LogP contribution in [-0.4, -0.2) is 37.3 Å². The Morgan fingerprint density at radius 2 is 2.00 bits per heavy atom. The summed E-state index contributed by atoms with van der Waals surface area (Å²) in [7, 11) is 0. The Balaban J connectivity index is 1.61. The highest BCUT2D eigenvalue weighted by Gasteiger charge is 2.31. The molecule has 1 atom stereocenters. The third kappa shape index (κ3) is 3.17. The predicted octanol–water partition coefficient (Wildman–Crippen LogP) is 3.01. The molecular weight excluding hydrogens is 318 g/mol. The maximum absolute atomic E-state index is 13.1. The molecule has 3 heterocycles. The molecule has 0 saturated carbocycles. The van der Waals surface area contributed by atoms with Crippen molar-refractivity contribution >= 4 is 5.91 Å². The fourth-order valence-electron chi connectivity index (χ4n) is 3.26. The van der Waals surface area contributed by atoms with Crippen molar-refractivity contribution in [2.45, 2.75) is 31.7 Å². The van der Waals surface area contributed by atoms with Crippen LogP contribution in [-0.2, 0) is 0 Å². The first-order valence-corrected chi connectivity index (χ1v) is 8.51. The molecule has 0 aliphatic carbocycles. The van der Waals surface area contributed by atoms with Crippen LogP contribution in [0.15, 0.2) is 53.5 Å². The van der Waals surface area contributed by atoms with E-state index in [4.69, 9.17) is 4.52 Å². The van der Waals surface area contributed by atoms with Crippen LogP contribution in [0.4, 0.5) is 0 Å². The van der Waals surface area contributed by atoms with Crippen LogP contribution < -0.4 is 0 Å². The average molecular weight is 337 g/mol. The summed E-state index contributed by atoms with van der Waals surface area (Å²) in [5.41, 5.74) is 1.35. The number of carbonyl (C=O) groups is 1. The summed E-state index contributed by atoms with van der Waals surface area (Å²) >= 11 is 0. The summed E-state index contributed by atoms with van der Waals surface area (Å²) in [6.45, 7) is 0.677. The molecule has 0 N–H and O–H groups in total. The molecule has 3 aromatic rings. The molecule has 1 aliphatic rings. The minimum atomic E-state index is -0.157. The molecule has 1 amide bonds. The standard InChI is InChI=1S/C18H19N5O2/c24-18(15-10-12-23(20-15)14-7-3-1-4-8-14)22-11-6-2-5-9-16(22)17-19-13-25-21-17/h1,3-4,7-8,10,12-13,16H,2,5-6,9,11H2. The molecule has 0 spiro atoms. The van der Waals surface area contributed by atoms with E-state index >= 15 is 0 Å². The van der Waals surface area contributed by atoms with Crippen molar-refractivity contribution in [3.8, 4) is 5.69 Å². The molecule has 1 saturated heterocycles. The van der Waals surface area contributed by atoms with Crippen molar-refractivity contribution in [1.82, 2.24) is 24.8 Å². The number of amides is 1. The lowest BCUT2D eigenvalue weighted by atomic mass is 10.1. The molecule has 0 radical (unpaired) electrons. The summed E-state index contributed by atoms with van der Waals surface area (Å²) in [5, 5.41) is 8.42. The second-order valence-corrected chi connectivity index (χ2v) is 6.13. The van der Waals surface area contributed by atoms with Gasteiger partial charge in [0.25, 0.3) is 5.91 Å². The Bertz CT molecular complexity index is 828. The van der Waals surface area contributed by atoms with Gasteiger partial charge in [0, 0.05) is 12.7 Å². The van der Waals surface area contributed by atoms with Gasteiger partial charge in [0.1, 0.15) is 0 Å². The van der Waals surface area contributed by atoms with Gasteiger partial charge < -0.3 is 9.42 Å². The summed E-state index contributed by atoms with van der Waals surface area (Å²) < 4.78 is 6.60. The van der Waals surface area contributed by atoms with Crippen molar-refractivity contribution in [2.24, 2.45) is 0 Å². The number of carbonyl (C=O) groups excluding carboxylic acids is 1. The van der Waals surface area contributed by atoms with Crippen LogP contribution >= 0.6 is 0 Å². The van der Waals surface area contributed by atoms with Gasteiger partial charge in [-0.25, -0.2) is 4.68 Å². The van der Waals surface area contributed by atoms with Gasteiger partial charge in [0.15, 0.2) is 11.5 Å². The van der Waals surface area contributed by atoms with Gasteiger partial charge in [-0.2, -0.15) is 10.1 Å². The van der Waals surface area contributed by atoms with Gasteiger partial charge in [0.2, 0.25) is 6.39 Å². The lowest BCUT2D eigenvalue weighted by molar-refractivity contribution is 0.0664. The SMILES string of the molecule is O=C(c1ccn(-c2ccccc2)n1)N1CCCCCC1c1ncon1. The van der Waals surface area contributed by atoms with Crippen molar-refractivity contribution < 1.29 is 9.32 Å². The smallest absolute Gasteiger partial charge is 0.274 e. The Hall–Kier alpha value is -2.96. The average Bonchev–Trinajstić information content (AvgIpc) is 3.30. The first-order chi connectivity index (χ1) is 12.3. The Morgan fingerprint density at radius 1 is 1.12 bits per heavy atom. The first-order valence-electron chi connectivity index (χ1n) is 8.51. The molecule has 1 aromatic carbocycles. The maximum Gasteiger partial charge on any atom is 0.274 e. The normalized spacial score (nSPS) is 18.1. The molecule has 128 valence electrons. The number of aromatic nitrogens is 4. The third-order valence-corrected chi connectivity index (χ3v) is 4.52. The lowest BCUT2D eigenvalue weighted by Crippen LogP contribution is -2.35. The van der Waals surface area contributed by atoms with E-state index in [1.165, 1.54) is 6.39 Å². The zero-order valence-electron chi connectivity index (χ0n) is 13.8. The fraction of sp³-hybridized carbons (Fsp3) is 0.333. The molecule has 2 aromatic heterocycles. The number of hydrogen-bond donors (Lipinski definition) is 0. The van der Waals surface area contributed by atoms with E-state index in [9.17, 15) is 4.79 Å². The molecule has 0 bridgehead atoms. The molecule has 1 fully saturated rings. The van der Waals surface area contributed by atoms with Crippen LogP contribution in [0.5, 0.6) is 0 Å². The number of para-hydroxylation sites is 1. The van der Waals surface area contributed by atoms with Gasteiger partial charge in [-0.15, -0.1) is 0 Å². The molecular formula is C18H19N5O2. The zero-order chi connectivity index (χ0) is 17.1. The summed E-state index contributed by atoms with van der Waals surface area (Å²) in [5.74, 6) is 0.476. The fourth-order valence-corrected chi connectivity index (χ4v) is 3.26. The third-order valence-electron chi connectivity index (χ3n) is 4.52. The van der Waals surface area contributed by atoms with Gasteiger partial charge in [-0.3, -0.25) is 4.79 Å². The molecule has 7 heteroatoms. The van der Waals surface area contributed by atoms with E-state index in [0.29, 0.717) is 18.1 Å². The minimum Gasteiger partial charge on any atom is -0.343 e. The zero-order valence-corrected chi connectivity index (χ0v) is 13.8. The number of nitrogens with zero attached hydrogens (tertiary/aromatic N) is 5. The van der Waals surface area contributed by atoms with Gasteiger partial charge in [-0.05, 0) is 31.0 Å². The molecule has 1 unspecified atom stereocenters. The van der Waals surface area contributed by atoms with Crippen LogP contribution in [0.1, 0.15) is 48.0 Å². The first kappa shape index (κ1) is 15.6. The molecule has 7 nitrogen and oxygen atoms in total. The monoisotopic (exact) mass is 337 g/mol. The molecule has 25 heavy (non-hydrogen) atoms. The highest BCUT2D eigenvalue weighted by atomic mass is 16.5. The van der Waals surface area contributed by atoms with Crippen molar-refractivity contribution in [3.05, 3.63) is 60.5 Å². The highest BCUT2D eigenvalue weighted by molar-refractivity contribution is 5.92. The number of likely N-dealkylation sites (tertiary alicyclic amines) is 1. The number of benzene rings is 1. The maximum atomic E-state index is 13.1. The van der Waals surface area contributed by atoms with Gasteiger partial charge >= 0.3 is 0 Å². The Kier molecular flexibility index (Phi) is 4.28. The summed E-state index contributed by atoms with van der Waals surface area (Å²) in [6.07, 6.45) is 7.07. The molecule has 4 rings (SSSR count). The Labute approximate surface area is 145 Å². The lowest BCUT2D eigenvalue weighted by Gasteiger charge is -2.27. The van der Waals surface area contributed by atoms with Crippen molar-refractivity contribution in [1.29, 1.82) is 0 Å². The Morgan fingerprint density at radius 3 is 2.80 bits per heavy atom. The van der Waals surface area contributed by atoms with Crippen LogP contribution in [0.25, 0.3) is 5.69 Å². The van der Waals surface area contributed by atoms with E-state index in [0.717, 1.165) is 31.4 Å². The van der Waals surface area contributed by atoms with E-state index in [1.54, 1.807) is 10.7 Å². The van der Waals surface area contributed by atoms with E-state index < -0.39 is 0 Å². The predicted molar refractivity (Wildman–Crippen MR) is 90.1 cm³/mol. The van der Waals surface area contributed by atoms with E-state index in [1.807, 2.05) is 41.4 Å². The topological polar surface area (TPSA) is 77.0 Å². The second kappa shape index (κ2) is 6.88. The summed E-state index contributed by atoms with van der Waals surface area (Å²) in [6, 6.07) is 11.3. The van der Waals surface area contributed by atoms with Crippen LogP contribution in [0.3, 0.4) is 0 Å². The van der Waals surface area contributed by atoms with Gasteiger partial charge in [0.05, 0.1) is 11.7 Å². The van der Waals surface area contributed by atoms with Crippen LogP contribution in [0.2, 0.25) is 0 Å². The van der Waals surface area contributed by atoms with Crippen molar-refractivity contribution in [2.75, 3.05) is 6.54 Å². The van der Waals surface area contributed by atoms with E-state index in [-0.39, 0.29) is 11.9 Å². The summed E-state index contributed by atoms with van der Waals surface area (Å²) in [4.78, 5) is 19.1. The number of hydrogen-bond acceptors (Lipinski definition) is 5. The van der Waals surface area contributed by atoms with Crippen molar-refractivity contribution in [3.63, 3.8) is 0 Å². The highest BCUT2D eigenvalue weighted by Crippen LogP contribution is 2.29.